The molecule has 0 atom stereocenters. The van der Waals surface area contributed by atoms with Crippen molar-refractivity contribution in [2.24, 2.45) is 0 Å². The van der Waals surface area contributed by atoms with E-state index in [4.69, 9.17) is 0 Å². The maximum absolute atomic E-state index is 11.6. The molecular formula is C30H46O. The van der Waals surface area contributed by atoms with Gasteiger partial charge >= 0.3 is 0 Å². The molecule has 172 valence electrons. The van der Waals surface area contributed by atoms with Crippen LogP contribution < -0.4 is 0 Å². The van der Waals surface area contributed by atoms with Crippen LogP contribution in [0.3, 0.4) is 0 Å². The second kappa shape index (κ2) is 16.1. The molecule has 0 amide bonds. The highest BCUT2D eigenvalue weighted by atomic mass is 16.3. The van der Waals surface area contributed by atoms with Crippen LogP contribution in [0.1, 0.15) is 121 Å². The predicted molar refractivity (Wildman–Crippen MR) is 135 cm³/mol. The van der Waals surface area contributed by atoms with Crippen LogP contribution in [0.15, 0.2) is 60.7 Å². The molecule has 0 heterocycles. The molecule has 0 aliphatic heterocycles. The summed E-state index contributed by atoms with van der Waals surface area (Å²) in [5, 5.41) is 11.6. The van der Waals surface area contributed by atoms with E-state index in [1.165, 1.54) is 89.9 Å². The molecule has 2 rings (SSSR count). The van der Waals surface area contributed by atoms with Gasteiger partial charge in [0.15, 0.2) is 0 Å². The van der Waals surface area contributed by atoms with Crippen LogP contribution in [0.5, 0.6) is 0 Å². The van der Waals surface area contributed by atoms with Crippen molar-refractivity contribution in [2.45, 2.75) is 115 Å². The maximum atomic E-state index is 11.6. The van der Waals surface area contributed by atoms with Gasteiger partial charge in [-0.2, -0.15) is 0 Å². The summed E-state index contributed by atoms with van der Waals surface area (Å²) < 4.78 is 0. The van der Waals surface area contributed by atoms with E-state index >= 15 is 0 Å². The number of hydrogen-bond donors (Lipinski definition) is 1. The van der Waals surface area contributed by atoms with Crippen LogP contribution in [0.25, 0.3) is 0 Å². The van der Waals surface area contributed by atoms with E-state index in [0.717, 1.165) is 24.0 Å². The van der Waals surface area contributed by atoms with Gasteiger partial charge in [0, 0.05) is 0 Å². The SMILES string of the molecule is CCCCCCCCCCCCCCCCCC(O)(c1ccccc1)c1ccccc1. The summed E-state index contributed by atoms with van der Waals surface area (Å²) in [7, 11) is 0. The Hall–Kier alpha value is -1.60. The largest absolute Gasteiger partial charge is 0.380 e. The Kier molecular flexibility index (Phi) is 13.3. The van der Waals surface area contributed by atoms with Crippen LogP contribution >= 0.6 is 0 Å². The topological polar surface area (TPSA) is 20.2 Å². The maximum Gasteiger partial charge on any atom is 0.115 e. The highest BCUT2D eigenvalue weighted by molar-refractivity contribution is 5.35. The zero-order valence-electron chi connectivity index (χ0n) is 20.0. The van der Waals surface area contributed by atoms with Crippen molar-refractivity contribution in [1.29, 1.82) is 0 Å². The highest BCUT2D eigenvalue weighted by Crippen LogP contribution is 2.34. The minimum atomic E-state index is -0.876. The summed E-state index contributed by atoms with van der Waals surface area (Å²) in [6, 6.07) is 20.3. The molecule has 1 N–H and O–H groups in total. The standard InChI is InChI=1S/C30H46O/c1-2-3-4-5-6-7-8-9-10-11-12-13-14-15-22-27-30(31,28-23-18-16-19-24-28)29-25-20-17-21-26-29/h16-21,23-26,31H,2-15,22,27H2,1H3. The molecule has 0 aromatic heterocycles. The van der Waals surface area contributed by atoms with Gasteiger partial charge in [-0.25, -0.2) is 0 Å². The van der Waals surface area contributed by atoms with Crippen molar-refractivity contribution in [3.63, 3.8) is 0 Å². The monoisotopic (exact) mass is 422 g/mol. The van der Waals surface area contributed by atoms with Crippen molar-refractivity contribution in [1.82, 2.24) is 0 Å². The first-order chi connectivity index (χ1) is 15.3. The third kappa shape index (κ3) is 10.0. The Balaban J connectivity index is 1.56. The molecule has 0 radical (unpaired) electrons. The van der Waals surface area contributed by atoms with Gasteiger partial charge in [0.25, 0.3) is 0 Å². The zero-order valence-corrected chi connectivity index (χ0v) is 20.0. The van der Waals surface area contributed by atoms with Gasteiger partial charge in [-0.3, -0.25) is 0 Å². The Morgan fingerprint density at radius 2 is 0.806 bits per heavy atom. The summed E-state index contributed by atoms with van der Waals surface area (Å²) in [5.74, 6) is 0. The lowest BCUT2D eigenvalue weighted by molar-refractivity contribution is 0.0678. The lowest BCUT2D eigenvalue weighted by Gasteiger charge is -2.29. The third-order valence-corrected chi connectivity index (χ3v) is 6.64. The summed E-state index contributed by atoms with van der Waals surface area (Å²) in [4.78, 5) is 0. The van der Waals surface area contributed by atoms with Gasteiger partial charge in [-0.1, -0.05) is 157 Å². The second-order valence-electron chi connectivity index (χ2n) is 9.29. The molecule has 0 saturated carbocycles. The van der Waals surface area contributed by atoms with Crippen LogP contribution in [-0.4, -0.2) is 5.11 Å². The normalized spacial score (nSPS) is 11.7. The summed E-state index contributed by atoms with van der Waals surface area (Å²) >= 11 is 0. The van der Waals surface area contributed by atoms with Crippen molar-refractivity contribution >= 4 is 0 Å². The summed E-state index contributed by atoms with van der Waals surface area (Å²) in [5.41, 5.74) is 1.14. The van der Waals surface area contributed by atoms with Gasteiger partial charge in [0.1, 0.15) is 5.60 Å². The molecule has 0 saturated heterocycles. The van der Waals surface area contributed by atoms with Crippen LogP contribution in [0.2, 0.25) is 0 Å². The number of hydrogen-bond acceptors (Lipinski definition) is 1. The van der Waals surface area contributed by atoms with Crippen LogP contribution in [-0.2, 0) is 5.60 Å². The molecule has 0 spiro atoms. The molecule has 2 aromatic carbocycles. The first-order valence-electron chi connectivity index (χ1n) is 13.1. The number of benzene rings is 2. The lowest BCUT2D eigenvalue weighted by atomic mass is 9.82. The molecule has 1 heteroatoms. The molecule has 0 fully saturated rings. The van der Waals surface area contributed by atoms with E-state index in [-0.39, 0.29) is 0 Å². The fraction of sp³-hybridized carbons (Fsp3) is 0.600. The molecule has 2 aromatic rings. The molecule has 1 nitrogen and oxygen atoms in total. The predicted octanol–water partition coefficient (Wildman–Crippen LogP) is 9.18. The Morgan fingerprint density at radius 1 is 0.484 bits per heavy atom. The lowest BCUT2D eigenvalue weighted by Crippen LogP contribution is -2.27. The summed E-state index contributed by atoms with van der Waals surface area (Å²) in [6.07, 6.45) is 21.3. The zero-order chi connectivity index (χ0) is 22.0. The Labute approximate surface area is 192 Å². The van der Waals surface area contributed by atoms with Crippen LogP contribution in [0.4, 0.5) is 0 Å². The van der Waals surface area contributed by atoms with Crippen molar-refractivity contribution in [3.8, 4) is 0 Å². The highest BCUT2D eigenvalue weighted by Gasteiger charge is 2.30. The second-order valence-corrected chi connectivity index (χ2v) is 9.29. The van der Waals surface area contributed by atoms with Gasteiger partial charge in [-0.05, 0) is 24.0 Å². The van der Waals surface area contributed by atoms with Gasteiger partial charge in [0.05, 0.1) is 0 Å². The average Bonchev–Trinajstić information content (AvgIpc) is 2.82. The van der Waals surface area contributed by atoms with Gasteiger partial charge in [0.2, 0.25) is 0 Å². The van der Waals surface area contributed by atoms with Crippen molar-refractivity contribution in [3.05, 3.63) is 71.8 Å². The van der Waals surface area contributed by atoms with E-state index in [0.29, 0.717) is 0 Å². The van der Waals surface area contributed by atoms with Crippen molar-refractivity contribution < 1.29 is 5.11 Å². The smallest absolute Gasteiger partial charge is 0.115 e. The molecule has 0 aliphatic carbocycles. The van der Waals surface area contributed by atoms with E-state index < -0.39 is 5.60 Å². The molecular weight excluding hydrogens is 376 g/mol. The molecule has 0 unspecified atom stereocenters. The van der Waals surface area contributed by atoms with E-state index in [9.17, 15) is 5.11 Å². The number of aliphatic hydroxyl groups is 1. The Morgan fingerprint density at radius 3 is 1.16 bits per heavy atom. The fourth-order valence-corrected chi connectivity index (χ4v) is 4.64. The minimum absolute atomic E-state index is 0.791. The van der Waals surface area contributed by atoms with Crippen molar-refractivity contribution in [2.75, 3.05) is 0 Å². The first kappa shape index (κ1) is 25.7. The van der Waals surface area contributed by atoms with Crippen LogP contribution in [0, 0.1) is 0 Å². The van der Waals surface area contributed by atoms with E-state index in [1.807, 2.05) is 36.4 Å². The third-order valence-electron chi connectivity index (χ3n) is 6.64. The first-order valence-corrected chi connectivity index (χ1v) is 13.1. The fourth-order valence-electron chi connectivity index (χ4n) is 4.64. The quantitative estimate of drug-likeness (QED) is 0.237. The number of rotatable bonds is 18. The van der Waals surface area contributed by atoms with E-state index in [1.54, 1.807) is 0 Å². The molecule has 0 bridgehead atoms. The van der Waals surface area contributed by atoms with E-state index in [2.05, 4.69) is 31.2 Å². The summed E-state index contributed by atoms with van der Waals surface area (Å²) in [6.45, 7) is 2.29. The minimum Gasteiger partial charge on any atom is -0.380 e. The number of unbranched alkanes of at least 4 members (excludes halogenated alkanes) is 14. The average molecular weight is 423 g/mol. The van der Waals surface area contributed by atoms with Gasteiger partial charge < -0.3 is 5.11 Å². The van der Waals surface area contributed by atoms with Gasteiger partial charge in [-0.15, -0.1) is 0 Å². The molecule has 31 heavy (non-hydrogen) atoms. The Bertz CT molecular complexity index is 609. The molecule has 0 aliphatic rings.